The summed E-state index contributed by atoms with van der Waals surface area (Å²) in [6.45, 7) is 1.97. The molecule has 2 aromatic rings. The summed E-state index contributed by atoms with van der Waals surface area (Å²) in [6, 6.07) is 8.53. The lowest BCUT2D eigenvalue weighted by Gasteiger charge is -2.21. The van der Waals surface area contributed by atoms with Gasteiger partial charge in [-0.3, -0.25) is 9.59 Å². The van der Waals surface area contributed by atoms with Gasteiger partial charge < -0.3 is 15.3 Å². The van der Waals surface area contributed by atoms with Gasteiger partial charge >= 0.3 is 0 Å². The van der Waals surface area contributed by atoms with Gasteiger partial charge in [-0.05, 0) is 6.07 Å². The SMILES string of the molecule is CNC(=O)[C@H](C)CN(C)C(=O)c1cc(Cl)c2ccccc2c1O. The Morgan fingerprint density at radius 1 is 1.30 bits per heavy atom. The number of benzene rings is 2. The van der Waals surface area contributed by atoms with Gasteiger partial charge in [-0.25, -0.2) is 0 Å². The van der Waals surface area contributed by atoms with Crippen molar-refractivity contribution in [2.24, 2.45) is 5.92 Å². The zero-order chi connectivity index (χ0) is 17.1. The predicted molar refractivity (Wildman–Crippen MR) is 90.8 cm³/mol. The van der Waals surface area contributed by atoms with Crippen molar-refractivity contribution in [2.75, 3.05) is 20.6 Å². The van der Waals surface area contributed by atoms with Gasteiger partial charge in [-0.15, -0.1) is 0 Å². The Kier molecular flexibility index (Phi) is 5.11. The summed E-state index contributed by atoms with van der Waals surface area (Å²) in [5, 5.41) is 14.6. The highest BCUT2D eigenvalue weighted by atomic mass is 35.5. The molecule has 23 heavy (non-hydrogen) atoms. The van der Waals surface area contributed by atoms with Crippen LogP contribution in [0.25, 0.3) is 10.8 Å². The maximum absolute atomic E-state index is 12.6. The van der Waals surface area contributed by atoms with Crippen LogP contribution in [0.2, 0.25) is 5.02 Å². The molecule has 2 rings (SSSR count). The van der Waals surface area contributed by atoms with E-state index in [1.54, 1.807) is 39.2 Å². The number of carbonyl (C=O) groups excluding carboxylic acids is 2. The quantitative estimate of drug-likeness (QED) is 0.903. The number of rotatable bonds is 4. The molecule has 0 unspecified atom stereocenters. The standard InChI is InChI=1S/C17H19ClN2O3/c1-10(16(22)19-2)9-20(3)17(23)13-8-14(18)11-6-4-5-7-12(11)15(13)21/h4-8,10,21H,9H2,1-3H3,(H,19,22)/t10-/m1/s1. The summed E-state index contributed by atoms with van der Waals surface area (Å²) in [5.74, 6) is -0.988. The highest BCUT2D eigenvalue weighted by molar-refractivity contribution is 6.36. The van der Waals surface area contributed by atoms with E-state index in [-0.39, 0.29) is 35.6 Å². The molecule has 1 atom stereocenters. The van der Waals surface area contributed by atoms with Crippen molar-refractivity contribution in [3.8, 4) is 5.75 Å². The van der Waals surface area contributed by atoms with Crippen LogP contribution < -0.4 is 5.32 Å². The Balaban J connectivity index is 2.34. The molecule has 0 aliphatic heterocycles. The molecule has 0 aromatic heterocycles. The van der Waals surface area contributed by atoms with E-state index < -0.39 is 0 Å². The maximum Gasteiger partial charge on any atom is 0.257 e. The van der Waals surface area contributed by atoms with E-state index in [1.165, 1.54) is 11.0 Å². The summed E-state index contributed by atoms with van der Waals surface area (Å²) in [4.78, 5) is 25.6. The molecule has 0 radical (unpaired) electrons. The zero-order valence-electron chi connectivity index (χ0n) is 13.3. The van der Waals surface area contributed by atoms with Crippen molar-refractivity contribution in [2.45, 2.75) is 6.92 Å². The average molecular weight is 335 g/mol. The molecule has 2 amide bonds. The van der Waals surface area contributed by atoms with E-state index in [2.05, 4.69) is 5.32 Å². The summed E-state index contributed by atoms with van der Waals surface area (Å²) in [5.41, 5.74) is 0.125. The number of amides is 2. The van der Waals surface area contributed by atoms with E-state index in [0.717, 1.165) is 0 Å². The Hall–Kier alpha value is -2.27. The molecule has 6 heteroatoms. The molecule has 2 aromatic carbocycles. The number of phenolic OH excluding ortho intramolecular Hbond substituents is 1. The number of carbonyl (C=O) groups is 2. The molecule has 0 heterocycles. The van der Waals surface area contributed by atoms with Crippen LogP contribution in [-0.2, 0) is 4.79 Å². The molecule has 0 saturated heterocycles. The van der Waals surface area contributed by atoms with Crippen LogP contribution in [0.1, 0.15) is 17.3 Å². The Labute approximate surface area is 139 Å². The second-order valence-corrected chi connectivity index (χ2v) is 5.91. The number of aromatic hydroxyl groups is 1. The van der Waals surface area contributed by atoms with Crippen molar-refractivity contribution in [3.05, 3.63) is 40.9 Å². The lowest BCUT2D eigenvalue weighted by molar-refractivity contribution is -0.124. The summed E-state index contributed by atoms with van der Waals surface area (Å²) in [6.07, 6.45) is 0. The number of nitrogens with one attached hydrogen (secondary N) is 1. The Morgan fingerprint density at radius 2 is 1.91 bits per heavy atom. The minimum Gasteiger partial charge on any atom is -0.506 e. The monoisotopic (exact) mass is 334 g/mol. The van der Waals surface area contributed by atoms with Gasteiger partial charge in [0.1, 0.15) is 5.75 Å². The number of hydrogen-bond donors (Lipinski definition) is 2. The van der Waals surface area contributed by atoms with Crippen LogP contribution in [0.3, 0.4) is 0 Å². The number of hydrogen-bond acceptors (Lipinski definition) is 3. The fourth-order valence-corrected chi connectivity index (χ4v) is 2.78. The molecular weight excluding hydrogens is 316 g/mol. The third kappa shape index (κ3) is 3.40. The molecule has 0 aliphatic rings. The summed E-state index contributed by atoms with van der Waals surface area (Å²) < 4.78 is 0. The molecule has 0 bridgehead atoms. The minimum atomic E-state index is -0.383. The third-order valence-electron chi connectivity index (χ3n) is 3.78. The van der Waals surface area contributed by atoms with Gasteiger partial charge in [-0.2, -0.15) is 0 Å². The maximum atomic E-state index is 12.6. The zero-order valence-corrected chi connectivity index (χ0v) is 14.0. The number of phenols is 1. The minimum absolute atomic E-state index is 0.102. The van der Waals surface area contributed by atoms with E-state index >= 15 is 0 Å². The van der Waals surface area contributed by atoms with Crippen LogP contribution >= 0.6 is 11.6 Å². The van der Waals surface area contributed by atoms with E-state index in [0.29, 0.717) is 15.8 Å². The van der Waals surface area contributed by atoms with Crippen LogP contribution in [-0.4, -0.2) is 42.5 Å². The van der Waals surface area contributed by atoms with Gasteiger partial charge in [0, 0.05) is 36.4 Å². The highest BCUT2D eigenvalue weighted by Gasteiger charge is 2.22. The van der Waals surface area contributed by atoms with Crippen molar-refractivity contribution in [1.82, 2.24) is 10.2 Å². The fraction of sp³-hybridized carbons (Fsp3) is 0.294. The molecule has 0 fully saturated rings. The highest BCUT2D eigenvalue weighted by Crippen LogP contribution is 2.34. The molecule has 0 saturated carbocycles. The predicted octanol–water partition coefficient (Wildman–Crippen LogP) is 2.65. The fourth-order valence-electron chi connectivity index (χ4n) is 2.51. The van der Waals surface area contributed by atoms with Gasteiger partial charge in [0.2, 0.25) is 5.91 Å². The van der Waals surface area contributed by atoms with E-state index in [4.69, 9.17) is 11.6 Å². The normalized spacial score (nSPS) is 12.0. The first-order chi connectivity index (χ1) is 10.9. The molecular formula is C17H19ClN2O3. The van der Waals surface area contributed by atoms with Gasteiger partial charge in [0.25, 0.3) is 5.91 Å². The molecule has 2 N–H and O–H groups in total. The topological polar surface area (TPSA) is 69.6 Å². The number of nitrogens with zero attached hydrogens (tertiary/aromatic N) is 1. The Morgan fingerprint density at radius 3 is 2.52 bits per heavy atom. The van der Waals surface area contributed by atoms with Crippen molar-refractivity contribution in [1.29, 1.82) is 0 Å². The van der Waals surface area contributed by atoms with Gasteiger partial charge in [-0.1, -0.05) is 42.8 Å². The van der Waals surface area contributed by atoms with Gasteiger partial charge in [0.15, 0.2) is 0 Å². The number of fused-ring (bicyclic) bond motifs is 1. The van der Waals surface area contributed by atoms with Crippen LogP contribution in [0.5, 0.6) is 5.75 Å². The van der Waals surface area contributed by atoms with Crippen LogP contribution in [0, 0.1) is 5.92 Å². The molecule has 122 valence electrons. The first-order valence-corrected chi connectivity index (χ1v) is 7.61. The Bertz CT molecular complexity index is 761. The number of halogens is 1. The lowest BCUT2D eigenvalue weighted by Crippen LogP contribution is -2.37. The van der Waals surface area contributed by atoms with Crippen molar-refractivity contribution >= 4 is 34.2 Å². The first-order valence-electron chi connectivity index (χ1n) is 7.24. The molecule has 0 aliphatic carbocycles. The smallest absolute Gasteiger partial charge is 0.257 e. The van der Waals surface area contributed by atoms with E-state index in [1.807, 2.05) is 6.07 Å². The second kappa shape index (κ2) is 6.87. The van der Waals surface area contributed by atoms with Gasteiger partial charge in [0.05, 0.1) is 11.5 Å². The molecule has 0 spiro atoms. The lowest BCUT2D eigenvalue weighted by atomic mass is 10.0. The van der Waals surface area contributed by atoms with E-state index in [9.17, 15) is 14.7 Å². The second-order valence-electron chi connectivity index (χ2n) is 5.50. The summed E-state index contributed by atoms with van der Waals surface area (Å²) >= 11 is 6.22. The molecule has 5 nitrogen and oxygen atoms in total. The van der Waals surface area contributed by atoms with Crippen LogP contribution in [0.4, 0.5) is 0 Å². The van der Waals surface area contributed by atoms with Crippen molar-refractivity contribution in [3.63, 3.8) is 0 Å². The largest absolute Gasteiger partial charge is 0.506 e. The average Bonchev–Trinajstić information content (AvgIpc) is 2.56. The third-order valence-corrected chi connectivity index (χ3v) is 4.10. The first kappa shape index (κ1) is 17.1. The van der Waals surface area contributed by atoms with Crippen molar-refractivity contribution < 1.29 is 14.7 Å². The van der Waals surface area contributed by atoms with Crippen LogP contribution in [0.15, 0.2) is 30.3 Å². The summed E-state index contributed by atoms with van der Waals surface area (Å²) in [7, 11) is 3.14.